The number of methoxy groups -OCH3 is 2. The first-order valence-corrected chi connectivity index (χ1v) is 7.78. The Labute approximate surface area is 121 Å². The van der Waals surface area contributed by atoms with Crippen LogP contribution in [0.25, 0.3) is 0 Å². The highest BCUT2D eigenvalue weighted by Crippen LogP contribution is 2.43. The molecule has 0 aromatic rings. The summed E-state index contributed by atoms with van der Waals surface area (Å²) in [6.07, 6.45) is 8.36. The number of rotatable bonds is 8. The first-order valence-electron chi connectivity index (χ1n) is 6.90. The fraction of sp³-hybridized carbons (Fsp3) is 1.00. The van der Waals surface area contributed by atoms with Gasteiger partial charge in [0.05, 0.1) is 13.2 Å². The van der Waals surface area contributed by atoms with Crippen LogP contribution in [0.5, 0.6) is 0 Å². The van der Waals surface area contributed by atoms with Crippen molar-refractivity contribution in [1.29, 1.82) is 0 Å². The Balaban J connectivity index is 2.73. The van der Waals surface area contributed by atoms with Gasteiger partial charge in [0.25, 0.3) is 0 Å². The lowest BCUT2D eigenvalue weighted by atomic mass is 9.67. The summed E-state index contributed by atoms with van der Waals surface area (Å²) in [6, 6.07) is 0. The lowest BCUT2D eigenvalue weighted by molar-refractivity contribution is -0.0468. The van der Waals surface area contributed by atoms with Crippen molar-refractivity contribution in [2.24, 2.45) is 11.3 Å². The van der Waals surface area contributed by atoms with Gasteiger partial charge in [0.2, 0.25) is 0 Å². The van der Waals surface area contributed by atoms with E-state index in [1.165, 1.54) is 32.1 Å². The maximum Gasteiger partial charge on any atom is 0.107 e. The molecule has 0 saturated heterocycles. The van der Waals surface area contributed by atoms with Gasteiger partial charge in [-0.15, -0.1) is 23.2 Å². The van der Waals surface area contributed by atoms with Crippen molar-refractivity contribution in [3.63, 3.8) is 0 Å². The van der Waals surface area contributed by atoms with Crippen LogP contribution in [-0.2, 0) is 9.47 Å². The SMILES string of the molecule is COCC(CCC(Cl)Cl)(COC)C1CCCCC1. The predicted octanol–water partition coefficient (Wildman–Crippen LogP) is 4.43. The van der Waals surface area contributed by atoms with E-state index < -0.39 is 0 Å². The quantitative estimate of drug-likeness (QED) is 0.617. The second kappa shape index (κ2) is 8.63. The van der Waals surface area contributed by atoms with Crippen molar-refractivity contribution in [2.75, 3.05) is 27.4 Å². The summed E-state index contributed by atoms with van der Waals surface area (Å²) >= 11 is 11.8. The van der Waals surface area contributed by atoms with Crippen LogP contribution < -0.4 is 0 Å². The number of ether oxygens (including phenoxy) is 2. The van der Waals surface area contributed by atoms with Crippen molar-refractivity contribution >= 4 is 23.2 Å². The molecule has 18 heavy (non-hydrogen) atoms. The van der Waals surface area contributed by atoms with Crippen molar-refractivity contribution < 1.29 is 9.47 Å². The van der Waals surface area contributed by atoms with Crippen LogP contribution >= 0.6 is 23.2 Å². The molecular weight excluding hydrogens is 271 g/mol. The van der Waals surface area contributed by atoms with E-state index in [1.807, 2.05) is 0 Å². The van der Waals surface area contributed by atoms with Crippen LogP contribution in [0.2, 0.25) is 0 Å². The Morgan fingerprint density at radius 1 is 1.06 bits per heavy atom. The number of hydrogen-bond acceptors (Lipinski definition) is 2. The Morgan fingerprint density at radius 2 is 1.61 bits per heavy atom. The fourth-order valence-electron chi connectivity index (χ4n) is 3.31. The molecule has 2 nitrogen and oxygen atoms in total. The molecule has 4 heteroatoms. The minimum Gasteiger partial charge on any atom is -0.384 e. The van der Waals surface area contributed by atoms with Gasteiger partial charge >= 0.3 is 0 Å². The molecule has 0 spiro atoms. The Kier molecular flexibility index (Phi) is 7.93. The molecule has 1 aliphatic carbocycles. The third-order valence-corrected chi connectivity index (χ3v) is 4.63. The average Bonchev–Trinajstić information content (AvgIpc) is 2.37. The molecule has 0 heterocycles. The molecule has 0 aromatic heterocycles. The molecule has 1 fully saturated rings. The van der Waals surface area contributed by atoms with Crippen LogP contribution in [-0.4, -0.2) is 32.3 Å². The van der Waals surface area contributed by atoms with Gasteiger partial charge in [0, 0.05) is 19.6 Å². The molecule has 0 aliphatic heterocycles. The molecule has 108 valence electrons. The second-order valence-electron chi connectivity index (χ2n) is 5.49. The van der Waals surface area contributed by atoms with Gasteiger partial charge in [-0.3, -0.25) is 0 Å². The predicted molar refractivity (Wildman–Crippen MR) is 77.5 cm³/mol. The topological polar surface area (TPSA) is 18.5 Å². The van der Waals surface area contributed by atoms with Gasteiger partial charge in [-0.1, -0.05) is 19.3 Å². The maximum absolute atomic E-state index is 5.91. The van der Waals surface area contributed by atoms with E-state index in [0.29, 0.717) is 5.92 Å². The maximum atomic E-state index is 5.91. The van der Waals surface area contributed by atoms with Crippen LogP contribution in [0.3, 0.4) is 0 Å². The smallest absolute Gasteiger partial charge is 0.107 e. The van der Waals surface area contributed by atoms with E-state index in [4.69, 9.17) is 32.7 Å². The highest BCUT2D eigenvalue weighted by molar-refractivity contribution is 6.44. The van der Waals surface area contributed by atoms with E-state index in [2.05, 4.69) is 0 Å². The van der Waals surface area contributed by atoms with E-state index in [9.17, 15) is 0 Å². The van der Waals surface area contributed by atoms with E-state index in [1.54, 1.807) is 14.2 Å². The van der Waals surface area contributed by atoms with Crippen molar-refractivity contribution in [3.8, 4) is 0 Å². The van der Waals surface area contributed by atoms with Crippen LogP contribution in [0.1, 0.15) is 44.9 Å². The van der Waals surface area contributed by atoms with Crippen LogP contribution in [0.15, 0.2) is 0 Å². The summed E-state index contributed by atoms with van der Waals surface area (Å²) in [6.45, 7) is 1.48. The highest BCUT2D eigenvalue weighted by Gasteiger charge is 2.39. The zero-order chi connectivity index (χ0) is 13.4. The Morgan fingerprint density at radius 3 is 2.06 bits per heavy atom. The zero-order valence-electron chi connectivity index (χ0n) is 11.6. The van der Waals surface area contributed by atoms with Crippen molar-refractivity contribution in [2.45, 2.75) is 49.8 Å². The molecule has 1 saturated carbocycles. The largest absolute Gasteiger partial charge is 0.384 e. The van der Waals surface area contributed by atoms with Crippen LogP contribution in [0, 0.1) is 11.3 Å². The van der Waals surface area contributed by atoms with Gasteiger partial charge in [0.1, 0.15) is 4.84 Å². The lowest BCUT2D eigenvalue weighted by Crippen LogP contribution is -2.40. The molecule has 1 aliphatic rings. The summed E-state index contributed by atoms with van der Waals surface area (Å²) in [5.41, 5.74) is 0.0892. The van der Waals surface area contributed by atoms with Crippen molar-refractivity contribution in [3.05, 3.63) is 0 Å². The van der Waals surface area contributed by atoms with E-state index in [0.717, 1.165) is 26.1 Å². The van der Waals surface area contributed by atoms with Gasteiger partial charge in [0.15, 0.2) is 0 Å². The molecule has 0 unspecified atom stereocenters. The summed E-state index contributed by atoms with van der Waals surface area (Å²) in [4.78, 5) is -0.290. The molecule has 0 amide bonds. The number of hydrogen-bond donors (Lipinski definition) is 0. The van der Waals surface area contributed by atoms with E-state index >= 15 is 0 Å². The van der Waals surface area contributed by atoms with Gasteiger partial charge in [-0.05, 0) is 31.6 Å². The molecule has 0 atom stereocenters. The number of halogens is 2. The minimum atomic E-state index is -0.290. The van der Waals surface area contributed by atoms with Gasteiger partial charge in [-0.25, -0.2) is 0 Å². The molecule has 0 bridgehead atoms. The summed E-state index contributed by atoms with van der Waals surface area (Å²) in [5.74, 6) is 0.679. The summed E-state index contributed by atoms with van der Waals surface area (Å²) in [7, 11) is 3.54. The Hall–Kier alpha value is 0.500. The average molecular weight is 297 g/mol. The molecule has 0 radical (unpaired) electrons. The summed E-state index contributed by atoms with van der Waals surface area (Å²) < 4.78 is 11.0. The first kappa shape index (κ1) is 16.6. The minimum absolute atomic E-state index is 0.0892. The fourth-order valence-corrected chi connectivity index (χ4v) is 3.53. The zero-order valence-corrected chi connectivity index (χ0v) is 13.1. The first-order chi connectivity index (χ1) is 8.64. The van der Waals surface area contributed by atoms with Crippen molar-refractivity contribution in [1.82, 2.24) is 0 Å². The summed E-state index contributed by atoms with van der Waals surface area (Å²) in [5, 5.41) is 0. The third-order valence-electron chi connectivity index (χ3n) is 4.20. The molecule has 0 N–H and O–H groups in total. The lowest BCUT2D eigenvalue weighted by Gasteiger charge is -2.42. The molecule has 0 aromatic carbocycles. The van der Waals surface area contributed by atoms with Crippen LogP contribution in [0.4, 0.5) is 0 Å². The Bertz CT molecular complexity index is 210. The second-order valence-corrected chi connectivity index (χ2v) is 6.77. The molecular formula is C14H26Cl2O2. The third kappa shape index (κ3) is 4.88. The normalized spacial score (nSPS) is 18.5. The van der Waals surface area contributed by atoms with Gasteiger partial charge < -0.3 is 9.47 Å². The standard InChI is InChI=1S/C14H26Cl2O2/c1-17-10-14(11-18-2,9-8-13(15)16)12-6-4-3-5-7-12/h12-13H,3-11H2,1-2H3. The van der Waals surface area contributed by atoms with Gasteiger partial charge in [-0.2, -0.15) is 0 Å². The monoisotopic (exact) mass is 296 g/mol. The number of alkyl halides is 2. The molecule has 1 rings (SSSR count). The van der Waals surface area contributed by atoms with E-state index in [-0.39, 0.29) is 10.3 Å². The highest BCUT2D eigenvalue weighted by atomic mass is 35.5.